The molecule has 1 saturated heterocycles. The van der Waals surface area contributed by atoms with Crippen LogP contribution in [-0.2, 0) is 17.7 Å². The maximum absolute atomic E-state index is 11.8. The van der Waals surface area contributed by atoms with Crippen LogP contribution in [0.2, 0.25) is 0 Å². The van der Waals surface area contributed by atoms with Crippen molar-refractivity contribution >= 4 is 17.7 Å². The molecule has 0 radical (unpaired) electrons. The highest BCUT2D eigenvalue weighted by atomic mass is 16.5. The van der Waals surface area contributed by atoms with Crippen molar-refractivity contribution in [3.8, 4) is 11.4 Å². The predicted octanol–water partition coefficient (Wildman–Crippen LogP) is 3.53. The van der Waals surface area contributed by atoms with Crippen molar-refractivity contribution in [2.45, 2.75) is 38.6 Å². The first-order valence-electron chi connectivity index (χ1n) is 11.9. The number of ether oxygens (including phenoxy) is 1. The fraction of sp³-hybridized carbons (Fsp3) is 0.400. The maximum atomic E-state index is 11.8. The summed E-state index contributed by atoms with van der Waals surface area (Å²) in [5, 5.41) is 5.57. The Hall–Kier alpha value is -3.59. The van der Waals surface area contributed by atoms with E-state index in [1.165, 1.54) is 5.56 Å². The van der Waals surface area contributed by atoms with Crippen molar-refractivity contribution in [3.05, 3.63) is 59.7 Å². The number of benzene rings is 1. The Bertz CT molecular complexity index is 1130. The molecular formula is C25H29N7O2. The average Bonchev–Trinajstić information content (AvgIpc) is 2.89. The van der Waals surface area contributed by atoms with E-state index in [1.54, 1.807) is 12.4 Å². The largest absolute Gasteiger partial charge is 0.381 e. The van der Waals surface area contributed by atoms with Gasteiger partial charge in [0.2, 0.25) is 5.95 Å². The number of anilines is 2. The maximum Gasteiger partial charge on any atom is 0.319 e. The molecule has 2 aliphatic heterocycles. The van der Waals surface area contributed by atoms with E-state index >= 15 is 0 Å². The van der Waals surface area contributed by atoms with Crippen LogP contribution in [0, 0.1) is 0 Å². The van der Waals surface area contributed by atoms with Crippen molar-refractivity contribution in [2.24, 2.45) is 0 Å². The lowest BCUT2D eigenvalue weighted by Crippen LogP contribution is -2.34. The zero-order valence-electron chi connectivity index (χ0n) is 19.3. The molecule has 1 fully saturated rings. The summed E-state index contributed by atoms with van der Waals surface area (Å²) in [6, 6.07) is 9.29. The van der Waals surface area contributed by atoms with Crippen molar-refractivity contribution in [2.75, 3.05) is 36.5 Å². The summed E-state index contributed by atoms with van der Waals surface area (Å²) in [6.07, 6.45) is 6.36. The number of carbonyl (C=O) groups excluding carboxylic acids is 1. The Labute approximate surface area is 199 Å². The Balaban J connectivity index is 1.47. The molecule has 0 atom stereocenters. The molecule has 0 aliphatic carbocycles. The summed E-state index contributed by atoms with van der Waals surface area (Å²) in [5.74, 6) is 1.81. The quantitative estimate of drug-likeness (QED) is 0.601. The van der Waals surface area contributed by atoms with Gasteiger partial charge in [0.1, 0.15) is 0 Å². The van der Waals surface area contributed by atoms with Gasteiger partial charge in [0.05, 0.1) is 17.9 Å². The second-order valence-corrected chi connectivity index (χ2v) is 8.53. The Kier molecular flexibility index (Phi) is 6.62. The van der Waals surface area contributed by atoms with Crippen LogP contribution in [0.4, 0.5) is 16.4 Å². The van der Waals surface area contributed by atoms with E-state index in [-0.39, 0.29) is 6.03 Å². The van der Waals surface area contributed by atoms with Crippen LogP contribution >= 0.6 is 0 Å². The molecule has 0 spiro atoms. The number of aromatic nitrogens is 4. The lowest BCUT2D eigenvalue weighted by molar-refractivity contribution is 0.0842. The van der Waals surface area contributed by atoms with Gasteiger partial charge in [-0.05, 0) is 62.1 Å². The number of hydrogen-bond acceptors (Lipinski definition) is 7. The Morgan fingerprint density at radius 2 is 1.88 bits per heavy atom. The van der Waals surface area contributed by atoms with Crippen molar-refractivity contribution in [1.82, 2.24) is 25.3 Å². The normalized spacial score (nSPS) is 16.1. The van der Waals surface area contributed by atoms with E-state index < -0.39 is 0 Å². The van der Waals surface area contributed by atoms with Gasteiger partial charge < -0.3 is 20.3 Å². The number of carbonyl (C=O) groups is 1. The molecule has 9 nitrogen and oxygen atoms in total. The molecule has 3 aromatic rings. The van der Waals surface area contributed by atoms with E-state index in [9.17, 15) is 4.79 Å². The van der Waals surface area contributed by atoms with Gasteiger partial charge in [-0.25, -0.2) is 24.7 Å². The van der Waals surface area contributed by atoms with Crippen LogP contribution in [0.5, 0.6) is 0 Å². The molecule has 5 rings (SSSR count). The third kappa shape index (κ3) is 4.84. The zero-order chi connectivity index (χ0) is 23.3. The van der Waals surface area contributed by atoms with E-state index in [1.807, 2.05) is 37.3 Å². The first-order valence-corrected chi connectivity index (χ1v) is 11.9. The molecule has 1 aromatic carbocycles. The monoisotopic (exact) mass is 459 g/mol. The van der Waals surface area contributed by atoms with Crippen LogP contribution < -0.4 is 15.5 Å². The lowest BCUT2D eigenvalue weighted by Gasteiger charge is -2.32. The molecular weight excluding hydrogens is 430 g/mol. The molecule has 4 heterocycles. The fourth-order valence-electron chi connectivity index (χ4n) is 4.56. The standard InChI is InChI=1S/C25H29N7O2/c1-2-26-25(33)29-19-6-4-18(5-7-19)23-30-21-16-32(24-27-11-3-12-28-24)13-8-20(21)22(31-23)17-9-14-34-15-10-17/h3-7,11-12,17H,2,8-10,13-16H2,1H3,(H2,26,29,33). The molecule has 2 amide bonds. The Morgan fingerprint density at radius 3 is 2.62 bits per heavy atom. The summed E-state index contributed by atoms with van der Waals surface area (Å²) in [4.78, 5) is 32.9. The molecule has 2 aliphatic rings. The highest BCUT2D eigenvalue weighted by Crippen LogP contribution is 2.34. The van der Waals surface area contributed by atoms with Gasteiger partial charge >= 0.3 is 6.03 Å². The number of hydrogen-bond donors (Lipinski definition) is 2. The van der Waals surface area contributed by atoms with Gasteiger partial charge in [-0.15, -0.1) is 0 Å². The first-order chi connectivity index (χ1) is 16.7. The molecule has 0 bridgehead atoms. The molecule has 9 heteroatoms. The summed E-state index contributed by atoms with van der Waals surface area (Å²) in [7, 11) is 0. The van der Waals surface area contributed by atoms with Crippen LogP contribution in [0.15, 0.2) is 42.7 Å². The number of nitrogens with zero attached hydrogens (tertiary/aromatic N) is 5. The predicted molar refractivity (Wildman–Crippen MR) is 130 cm³/mol. The molecule has 0 unspecified atom stereocenters. The summed E-state index contributed by atoms with van der Waals surface area (Å²) >= 11 is 0. The second-order valence-electron chi connectivity index (χ2n) is 8.53. The van der Waals surface area contributed by atoms with E-state index in [4.69, 9.17) is 14.7 Å². The molecule has 2 N–H and O–H groups in total. The van der Waals surface area contributed by atoms with Crippen LogP contribution in [0.25, 0.3) is 11.4 Å². The fourth-order valence-corrected chi connectivity index (χ4v) is 4.56. The number of urea groups is 1. The SMILES string of the molecule is CCNC(=O)Nc1ccc(-c2nc3c(c(C4CCOCC4)n2)CCN(c2ncccn2)C3)cc1. The van der Waals surface area contributed by atoms with Gasteiger partial charge in [0, 0.05) is 55.9 Å². The van der Waals surface area contributed by atoms with Crippen molar-refractivity contribution < 1.29 is 9.53 Å². The van der Waals surface area contributed by atoms with Gasteiger partial charge in [-0.1, -0.05) is 0 Å². The van der Waals surface area contributed by atoms with Crippen LogP contribution in [-0.4, -0.2) is 52.3 Å². The topological polar surface area (TPSA) is 105 Å². The summed E-state index contributed by atoms with van der Waals surface area (Å²) < 4.78 is 5.61. The van der Waals surface area contributed by atoms with E-state index in [0.717, 1.165) is 67.6 Å². The van der Waals surface area contributed by atoms with Gasteiger partial charge in [-0.2, -0.15) is 0 Å². The summed E-state index contributed by atoms with van der Waals surface area (Å²) in [6.45, 7) is 5.49. The van der Waals surface area contributed by atoms with Crippen LogP contribution in [0.3, 0.4) is 0 Å². The molecule has 34 heavy (non-hydrogen) atoms. The number of amides is 2. The number of fused-ring (bicyclic) bond motifs is 1. The lowest BCUT2D eigenvalue weighted by atomic mass is 9.89. The average molecular weight is 460 g/mol. The third-order valence-electron chi connectivity index (χ3n) is 6.28. The minimum atomic E-state index is -0.217. The number of rotatable bonds is 5. The molecule has 2 aromatic heterocycles. The van der Waals surface area contributed by atoms with E-state index in [0.29, 0.717) is 24.8 Å². The Morgan fingerprint density at radius 1 is 1.12 bits per heavy atom. The highest BCUT2D eigenvalue weighted by molar-refractivity contribution is 5.89. The molecule has 176 valence electrons. The molecule has 0 saturated carbocycles. The summed E-state index contributed by atoms with van der Waals surface area (Å²) in [5.41, 5.74) is 5.10. The number of nitrogens with one attached hydrogen (secondary N) is 2. The van der Waals surface area contributed by atoms with Gasteiger partial charge in [0.25, 0.3) is 0 Å². The zero-order valence-corrected chi connectivity index (χ0v) is 19.3. The van der Waals surface area contributed by atoms with E-state index in [2.05, 4.69) is 25.5 Å². The van der Waals surface area contributed by atoms with Crippen LogP contribution in [0.1, 0.15) is 42.6 Å². The van der Waals surface area contributed by atoms with Crippen molar-refractivity contribution in [3.63, 3.8) is 0 Å². The highest BCUT2D eigenvalue weighted by Gasteiger charge is 2.28. The third-order valence-corrected chi connectivity index (χ3v) is 6.28. The first kappa shape index (κ1) is 22.2. The van der Waals surface area contributed by atoms with Gasteiger partial charge in [0.15, 0.2) is 5.82 Å². The minimum Gasteiger partial charge on any atom is -0.381 e. The second kappa shape index (κ2) is 10.1. The smallest absolute Gasteiger partial charge is 0.319 e. The van der Waals surface area contributed by atoms with Gasteiger partial charge in [-0.3, -0.25) is 0 Å². The van der Waals surface area contributed by atoms with Crippen molar-refractivity contribution in [1.29, 1.82) is 0 Å². The minimum absolute atomic E-state index is 0.217.